The summed E-state index contributed by atoms with van der Waals surface area (Å²) in [4.78, 5) is 0. The molecule has 3 fully saturated rings. The molecule has 0 amide bonds. The molecule has 344 valence electrons. The summed E-state index contributed by atoms with van der Waals surface area (Å²) in [5, 5.41) is 0. The second-order valence-electron chi connectivity index (χ2n) is 16.6. The van der Waals surface area contributed by atoms with Crippen molar-refractivity contribution in [3.63, 3.8) is 0 Å². The molecule has 3 saturated heterocycles. The highest BCUT2D eigenvalue weighted by Gasteiger charge is 2.56. The highest BCUT2D eigenvalue weighted by molar-refractivity contribution is 5.19. The molecular weight excluding hydrogens is 837 g/mol. The van der Waals surface area contributed by atoms with Crippen molar-refractivity contribution >= 4 is 0 Å². The first-order valence-electron chi connectivity index (χ1n) is 22.7. The van der Waals surface area contributed by atoms with Crippen LogP contribution in [0.25, 0.3) is 0 Å². The third-order valence-electron chi connectivity index (χ3n) is 12.0. The Bertz CT molecular complexity index is 2280. The van der Waals surface area contributed by atoms with Gasteiger partial charge in [0, 0.05) is 12.7 Å². The highest BCUT2D eigenvalue weighted by atomic mass is 16.8. The average molecular weight is 895 g/mol. The van der Waals surface area contributed by atoms with Crippen molar-refractivity contribution < 1.29 is 52.1 Å². The Hall–Kier alpha value is -5.12. The first kappa shape index (κ1) is 46.0. The molecule has 66 heavy (non-hydrogen) atoms. The van der Waals surface area contributed by atoms with E-state index >= 15 is 0 Å². The minimum Gasteiger partial charge on any atom is -0.374 e. The van der Waals surface area contributed by atoms with E-state index in [4.69, 9.17) is 52.1 Å². The second kappa shape index (κ2) is 23.6. The van der Waals surface area contributed by atoms with Crippen LogP contribution in [0.2, 0.25) is 0 Å². The van der Waals surface area contributed by atoms with Crippen LogP contribution in [-0.4, -0.2) is 81.7 Å². The topological polar surface area (TPSA) is 102 Å². The van der Waals surface area contributed by atoms with E-state index in [0.717, 1.165) is 33.4 Å². The third kappa shape index (κ3) is 12.1. The van der Waals surface area contributed by atoms with Crippen LogP contribution in [0.1, 0.15) is 39.7 Å². The molecule has 0 radical (unpaired) electrons. The number of ether oxygens (including phenoxy) is 11. The second-order valence-corrected chi connectivity index (χ2v) is 16.6. The SMILES string of the molecule is CO[C@H]1O[C@@H]2COC(c3ccccc3)O[C@H]2[C@H](OCc2ccccc2)[C@@H]1O[C@H]1O[C@H](COCc2ccccc2)[C@@H](OCc2ccccc2)[C@H](OCc2ccccc2)[C@@H]1OCc1ccccc1. The van der Waals surface area contributed by atoms with Crippen molar-refractivity contribution in [3.8, 4) is 0 Å². The van der Waals surface area contributed by atoms with E-state index in [9.17, 15) is 0 Å². The predicted molar refractivity (Wildman–Crippen MR) is 245 cm³/mol. The molecule has 3 aliphatic heterocycles. The van der Waals surface area contributed by atoms with Gasteiger partial charge in [0.05, 0.1) is 46.2 Å². The van der Waals surface area contributed by atoms with Crippen LogP contribution in [-0.2, 0) is 85.1 Å². The first-order chi connectivity index (χ1) is 32.7. The number of methoxy groups -OCH3 is 1. The summed E-state index contributed by atoms with van der Waals surface area (Å²) in [6, 6.07) is 60.1. The highest BCUT2D eigenvalue weighted by Crippen LogP contribution is 2.40. The van der Waals surface area contributed by atoms with Gasteiger partial charge < -0.3 is 52.1 Å². The molecule has 0 bridgehead atoms. The molecule has 0 saturated carbocycles. The number of benzene rings is 6. The standard InChI is InChI=1S/C55H58O11/c1-56-54-52(50(60-35-42-26-14-5-15-27-42)48-46(63-54)38-62-53(65-48)44-30-18-7-19-31-44)66-55-51(61-36-43-28-16-6-17-29-43)49(59-34-41-24-12-4-13-25-41)47(58-33-40-22-10-3-11-23-40)45(64-55)37-57-32-39-20-8-2-9-21-39/h2-31,45-55H,32-38H2,1H3/t45-,46-,47-,48-,49+,50+,51+,52+,53?,54+,55-/m1/s1. The molecule has 9 rings (SSSR count). The van der Waals surface area contributed by atoms with Crippen molar-refractivity contribution in [2.75, 3.05) is 20.3 Å². The quantitative estimate of drug-likeness (QED) is 0.0734. The van der Waals surface area contributed by atoms with Crippen molar-refractivity contribution in [1.29, 1.82) is 0 Å². The van der Waals surface area contributed by atoms with Crippen LogP contribution in [0.4, 0.5) is 0 Å². The van der Waals surface area contributed by atoms with Crippen molar-refractivity contribution in [3.05, 3.63) is 215 Å². The van der Waals surface area contributed by atoms with Gasteiger partial charge in [-0.15, -0.1) is 0 Å². The summed E-state index contributed by atoms with van der Waals surface area (Å²) >= 11 is 0. The van der Waals surface area contributed by atoms with Crippen LogP contribution in [0.3, 0.4) is 0 Å². The minimum absolute atomic E-state index is 0.164. The lowest BCUT2D eigenvalue weighted by Crippen LogP contribution is -2.67. The van der Waals surface area contributed by atoms with Crippen LogP contribution < -0.4 is 0 Å². The summed E-state index contributed by atoms with van der Waals surface area (Å²) in [5.74, 6) is 0. The number of rotatable bonds is 20. The van der Waals surface area contributed by atoms with E-state index in [2.05, 4.69) is 0 Å². The van der Waals surface area contributed by atoms with Gasteiger partial charge in [-0.3, -0.25) is 0 Å². The maximum Gasteiger partial charge on any atom is 0.187 e. The van der Waals surface area contributed by atoms with Gasteiger partial charge >= 0.3 is 0 Å². The molecule has 3 heterocycles. The zero-order valence-corrected chi connectivity index (χ0v) is 37.1. The molecule has 11 atom stereocenters. The normalized spacial score (nSPS) is 27.5. The fourth-order valence-electron chi connectivity index (χ4n) is 8.63. The lowest BCUT2D eigenvalue weighted by atomic mass is 9.95. The monoisotopic (exact) mass is 894 g/mol. The van der Waals surface area contributed by atoms with E-state index in [1.54, 1.807) is 7.11 Å². The van der Waals surface area contributed by atoms with Crippen LogP contribution in [0.15, 0.2) is 182 Å². The average Bonchev–Trinajstić information content (AvgIpc) is 3.38. The molecule has 3 aliphatic rings. The molecule has 1 unspecified atom stereocenters. The Kier molecular flexibility index (Phi) is 16.4. The number of fused-ring (bicyclic) bond motifs is 1. The Morgan fingerprint density at radius 2 is 0.864 bits per heavy atom. The Morgan fingerprint density at radius 1 is 0.424 bits per heavy atom. The lowest BCUT2D eigenvalue weighted by molar-refractivity contribution is -0.400. The molecule has 6 aromatic carbocycles. The van der Waals surface area contributed by atoms with Gasteiger partial charge in [0.25, 0.3) is 0 Å². The zero-order chi connectivity index (χ0) is 44.8. The summed E-state index contributed by atoms with van der Waals surface area (Å²) in [6.45, 7) is 1.88. The van der Waals surface area contributed by atoms with E-state index in [1.165, 1.54) is 0 Å². The zero-order valence-electron chi connectivity index (χ0n) is 37.1. The molecule has 11 heteroatoms. The molecule has 0 aromatic heterocycles. The van der Waals surface area contributed by atoms with E-state index in [0.29, 0.717) is 13.2 Å². The van der Waals surface area contributed by atoms with Gasteiger partial charge in [0.2, 0.25) is 0 Å². The van der Waals surface area contributed by atoms with Gasteiger partial charge in [-0.1, -0.05) is 182 Å². The number of hydrogen-bond acceptors (Lipinski definition) is 11. The van der Waals surface area contributed by atoms with Crippen LogP contribution >= 0.6 is 0 Å². The summed E-state index contributed by atoms with van der Waals surface area (Å²) in [7, 11) is 1.59. The fourth-order valence-corrected chi connectivity index (χ4v) is 8.63. The Morgan fingerprint density at radius 3 is 1.36 bits per heavy atom. The molecule has 0 spiro atoms. The first-order valence-corrected chi connectivity index (χ1v) is 22.7. The fraction of sp³-hybridized carbons (Fsp3) is 0.345. The van der Waals surface area contributed by atoms with Crippen molar-refractivity contribution in [1.82, 2.24) is 0 Å². The van der Waals surface area contributed by atoms with Gasteiger partial charge in [-0.2, -0.15) is 0 Å². The van der Waals surface area contributed by atoms with Gasteiger partial charge in [0.15, 0.2) is 18.9 Å². The molecule has 0 N–H and O–H groups in total. The van der Waals surface area contributed by atoms with Crippen molar-refractivity contribution in [2.45, 2.75) is 101 Å². The lowest BCUT2D eigenvalue weighted by Gasteiger charge is -2.51. The van der Waals surface area contributed by atoms with Crippen LogP contribution in [0, 0.1) is 0 Å². The maximum absolute atomic E-state index is 7.28. The molecule has 0 aliphatic carbocycles. The largest absolute Gasteiger partial charge is 0.374 e. The molecule has 6 aromatic rings. The van der Waals surface area contributed by atoms with E-state index < -0.39 is 67.7 Å². The smallest absolute Gasteiger partial charge is 0.187 e. The van der Waals surface area contributed by atoms with E-state index in [-0.39, 0.29) is 33.0 Å². The summed E-state index contributed by atoms with van der Waals surface area (Å²) in [6.07, 6.45) is -8.26. The van der Waals surface area contributed by atoms with E-state index in [1.807, 2.05) is 182 Å². The van der Waals surface area contributed by atoms with Gasteiger partial charge in [-0.05, 0) is 27.8 Å². The van der Waals surface area contributed by atoms with Gasteiger partial charge in [0.1, 0.15) is 48.8 Å². The Labute approximate surface area is 387 Å². The van der Waals surface area contributed by atoms with Gasteiger partial charge in [-0.25, -0.2) is 0 Å². The molecule has 11 nitrogen and oxygen atoms in total. The summed E-state index contributed by atoms with van der Waals surface area (Å²) in [5.41, 5.74) is 5.87. The van der Waals surface area contributed by atoms with Crippen molar-refractivity contribution in [2.24, 2.45) is 0 Å². The number of hydrogen-bond donors (Lipinski definition) is 0. The third-order valence-corrected chi connectivity index (χ3v) is 12.0. The Balaban J connectivity index is 1.08. The molecular formula is C55H58O11. The maximum atomic E-state index is 7.28. The minimum atomic E-state index is -1.06. The predicted octanol–water partition coefficient (Wildman–Crippen LogP) is 9.14. The summed E-state index contributed by atoms with van der Waals surface area (Å²) < 4.78 is 74.5. The van der Waals surface area contributed by atoms with Crippen LogP contribution in [0.5, 0.6) is 0 Å².